The van der Waals surface area contributed by atoms with Crippen molar-refractivity contribution in [1.29, 1.82) is 0 Å². The van der Waals surface area contributed by atoms with E-state index in [1.54, 1.807) is 11.8 Å². The summed E-state index contributed by atoms with van der Waals surface area (Å²) in [7, 11) is 0. The van der Waals surface area contributed by atoms with Gasteiger partial charge in [0.2, 0.25) is 5.89 Å². The van der Waals surface area contributed by atoms with Gasteiger partial charge in [0.1, 0.15) is 0 Å². The van der Waals surface area contributed by atoms with Gasteiger partial charge in [0.05, 0.1) is 5.75 Å². The predicted molar refractivity (Wildman–Crippen MR) is 72.4 cm³/mol. The van der Waals surface area contributed by atoms with E-state index in [0.717, 1.165) is 24.4 Å². The highest BCUT2D eigenvalue weighted by Gasteiger charge is 2.07. The fourth-order valence-corrected chi connectivity index (χ4v) is 2.44. The molecule has 0 aliphatic rings. The molecule has 18 heavy (non-hydrogen) atoms. The largest absolute Gasteiger partial charge is 0.339 e. The minimum absolute atomic E-state index is 0.648. The Hall–Kier alpha value is -1.33. The molecular weight excluding hydrogens is 246 g/mol. The van der Waals surface area contributed by atoms with Crippen LogP contribution >= 0.6 is 11.8 Å². The highest BCUT2D eigenvalue weighted by Crippen LogP contribution is 2.24. The Morgan fingerprint density at radius 1 is 1.33 bits per heavy atom. The van der Waals surface area contributed by atoms with E-state index in [4.69, 9.17) is 10.3 Å². The summed E-state index contributed by atoms with van der Waals surface area (Å²) in [4.78, 5) is 5.59. The van der Waals surface area contributed by atoms with Gasteiger partial charge in [-0.3, -0.25) is 0 Å². The maximum absolute atomic E-state index is 5.44. The van der Waals surface area contributed by atoms with Crippen LogP contribution in [0.1, 0.15) is 23.7 Å². The molecule has 0 unspecified atom stereocenters. The van der Waals surface area contributed by atoms with E-state index in [-0.39, 0.29) is 0 Å². The van der Waals surface area contributed by atoms with Crippen LogP contribution in [0.15, 0.2) is 33.7 Å². The zero-order valence-electron chi connectivity index (χ0n) is 10.4. The summed E-state index contributed by atoms with van der Waals surface area (Å²) in [6.45, 7) is 2.75. The molecule has 0 aliphatic carbocycles. The first-order valence-corrected chi connectivity index (χ1v) is 6.98. The Morgan fingerprint density at radius 2 is 2.17 bits per heavy atom. The third-order valence-electron chi connectivity index (χ3n) is 2.56. The first kappa shape index (κ1) is 13.1. The van der Waals surface area contributed by atoms with Crippen LogP contribution in [0.2, 0.25) is 0 Å². The Morgan fingerprint density at radius 3 is 2.94 bits per heavy atom. The van der Waals surface area contributed by atoms with Crippen LogP contribution in [-0.4, -0.2) is 16.7 Å². The molecule has 96 valence electrons. The zero-order valence-corrected chi connectivity index (χ0v) is 11.2. The third kappa shape index (κ3) is 3.58. The molecule has 2 aromatic rings. The smallest absolute Gasteiger partial charge is 0.226 e. The van der Waals surface area contributed by atoms with Gasteiger partial charge in [0.25, 0.3) is 0 Å². The maximum atomic E-state index is 5.44. The normalized spacial score (nSPS) is 10.8. The van der Waals surface area contributed by atoms with Crippen LogP contribution in [-0.2, 0) is 12.2 Å². The van der Waals surface area contributed by atoms with Crippen LogP contribution in [0, 0.1) is 6.92 Å². The quantitative estimate of drug-likeness (QED) is 0.811. The lowest BCUT2D eigenvalue weighted by Crippen LogP contribution is -2.00. The van der Waals surface area contributed by atoms with Crippen molar-refractivity contribution in [3.63, 3.8) is 0 Å². The fraction of sp³-hybridized carbons (Fsp3) is 0.385. The van der Waals surface area contributed by atoms with Gasteiger partial charge in [0.15, 0.2) is 5.82 Å². The number of hydrogen-bond acceptors (Lipinski definition) is 5. The average molecular weight is 263 g/mol. The summed E-state index contributed by atoms with van der Waals surface area (Å²) in [5.41, 5.74) is 6.71. The maximum Gasteiger partial charge on any atom is 0.226 e. The Bertz CT molecular complexity index is 498. The van der Waals surface area contributed by atoms with Crippen LogP contribution in [0.3, 0.4) is 0 Å². The first-order valence-electron chi connectivity index (χ1n) is 5.99. The summed E-state index contributed by atoms with van der Waals surface area (Å²) in [6, 6.07) is 8.29. The van der Waals surface area contributed by atoms with Crippen molar-refractivity contribution in [2.45, 2.75) is 30.4 Å². The number of aryl methyl sites for hydroxylation is 2. The van der Waals surface area contributed by atoms with E-state index in [0.29, 0.717) is 12.4 Å². The molecule has 4 nitrogen and oxygen atoms in total. The molecule has 0 saturated heterocycles. The van der Waals surface area contributed by atoms with Crippen molar-refractivity contribution >= 4 is 11.8 Å². The summed E-state index contributed by atoms with van der Waals surface area (Å²) in [5, 5.41) is 3.97. The number of rotatable bonds is 6. The van der Waals surface area contributed by atoms with Gasteiger partial charge in [-0.15, -0.1) is 11.8 Å². The Balaban J connectivity index is 1.90. The van der Waals surface area contributed by atoms with E-state index in [1.807, 2.05) is 12.1 Å². The standard InChI is InChI=1S/C13H17N3OS/c1-10-5-2-3-6-11(10)18-9-12-15-13(17-16-12)7-4-8-14/h2-3,5-6H,4,7-9,14H2,1H3. The van der Waals surface area contributed by atoms with E-state index >= 15 is 0 Å². The van der Waals surface area contributed by atoms with Crippen molar-refractivity contribution in [2.75, 3.05) is 6.54 Å². The zero-order chi connectivity index (χ0) is 12.8. The molecule has 1 heterocycles. The second-order valence-electron chi connectivity index (χ2n) is 4.05. The van der Waals surface area contributed by atoms with Gasteiger partial charge in [-0.2, -0.15) is 4.98 Å². The van der Waals surface area contributed by atoms with Crippen molar-refractivity contribution in [3.05, 3.63) is 41.5 Å². The Kier molecular flexibility index (Phi) is 4.78. The lowest BCUT2D eigenvalue weighted by molar-refractivity contribution is 0.372. The van der Waals surface area contributed by atoms with Gasteiger partial charge in [-0.1, -0.05) is 23.4 Å². The minimum Gasteiger partial charge on any atom is -0.339 e. The number of nitrogens with zero attached hydrogens (tertiary/aromatic N) is 2. The number of aromatic nitrogens is 2. The molecule has 0 aliphatic heterocycles. The highest BCUT2D eigenvalue weighted by atomic mass is 32.2. The van der Waals surface area contributed by atoms with Crippen LogP contribution in [0.25, 0.3) is 0 Å². The summed E-state index contributed by atoms with van der Waals surface area (Å²) >= 11 is 1.73. The lowest BCUT2D eigenvalue weighted by Gasteiger charge is -2.01. The average Bonchev–Trinajstić information content (AvgIpc) is 2.83. The molecule has 0 atom stereocenters. The summed E-state index contributed by atoms with van der Waals surface area (Å²) in [6.07, 6.45) is 1.64. The first-order chi connectivity index (χ1) is 8.79. The van der Waals surface area contributed by atoms with Crippen LogP contribution in [0.4, 0.5) is 0 Å². The van der Waals surface area contributed by atoms with E-state index < -0.39 is 0 Å². The number of benzene rings is 1. The molecule has 2 rings (SSSR count). The van der Waals surface area contributed by atoms with Crippen molar-refractivity contribution in [2.24, 2.45) is 5.73 Å². The van der Waals surface area contributed by atoms with Crippen molar-refractivity contribution in [3.8, 4) is 0 Å². The number of thioether (sulfide) groups is 1. The topological polar surface area (TPSA) is 64.9 Å². The summed E-state index contributed by atoms with van der Waals surface area (Å²) in [5.74, 6) is 2.16. The highest BCUT2D eigenvalue weighted by molar-refractivity contribution is 7.98. The van der Waals surface area contributed by atoms with Crippen molar-refractivity contribution < 1.29 is 4.52 Å². The molecule has 0 fully saturated rings. The molecule has 0 radical (unpaired) electrons. The number of hydrogen-bond donors (Lipinski definition) is 1. The second-order valence-corrected chi connectivity index (χ2v) is 5.07. The van der Waals surface area contributed by atoms with Gasteiger partial charge in [-0.25, -0.2) is 0 Å². The SMILES string of the molecule is Cc1ccccc1SCc1noc(CCCN)n1. The second kappa shape index (κ2) is 6.56. The minimum atomic E-state index is 0.648. The molecule has 2 N–H and O–H groups in total. The fourth-order valence-electron chi connectivity index (χ4n) is 1.56. The van der Waals surface area contributed by atoms with Crippen LogP contribution in [0.5, 0.6) is 0 Å². The van der Waals surface area contributed by atoms with Gasteiger partial charge < -0.3 is 10.3 Å². The molecule has 5 heteroatoms. The monoisotopic (exact) mass is 263 g/mol. The predicted octanol–water partition coefficient (Wildman–Crippen LogP) is 2.56. The molecular formula is C13H17N3OS. The van der Waals surface area contributed by atoms with Gasteiger partial charge in [-0.05, 0) is 31.5 Å². The molecule has 1 aromatic carbocycles. The number of nitrogens with two attached hydrogens (primary N) is 1. The molecule has 0 saturated carbocycles. The van der Waals surface area contributed by atoms with E-state index in [2.05, 4.69) is 29.2 Å². The Labute approximate surface area is 111 Å². The summed E-state index contributed by atoms with van der Waals surface area (Å²) < 4.78 is 5.16. The van der Waals surface area contributed by atoms with Crippen LogP contribution < -0.4 is 5.73 Å². The van der Waals surface area contributed by atoms with E-state index in [9.17, 15) is 0 Å². The molecule has 1 aromatic heterocycles. The van der Waals surface area contributed by atoms with Gasteiger partial charge >= 0.3 is 0 Å². The van der Waals surface area contributed by atoms with Crippen molar-refractivity contribution in [1.82, 2.24) is 10.1 Å². The molecule has 0 spiro atoms. The molecule has 0 amide bonds. The molecule has 0 bridgehead atoms. The lowest BCUT2D eigenvalue weighted by atomic mass is 10.2. The third-order valence-corrected chi connectivity index (χ3v) is 3.73. The van der Waals surface area contributed by atoms with E-state index in [1.165, 1.54) is 10.5 Å². The van der Waals surface area contributed by atoms with Gasteiger partial charge in [0, 0.05) is 11.3 Å².